The lowest BCUT2D eigenvalue weighted by Gasteiger charge is -2.14. The Morgan fingerprint density at radius 3 is 2.53 bits per heavy atom. The number of carbonyl (C=O) groups excluding carboxylic acids is 2. The molecule has 0 aliphatic carbocycles. The summed E-state index contributed by atoms with van der Waals surface area (Å²) in [6.07, 6.45) is 2.18. The van der Waals surface area contributed by atoms with Crippen LogP contribution in [0.4, 0.5) is 10.5 Å². The number of para-hydroxylation sites is 1. The lowest BCUT2D eigenvalue weighted by Crippen LogP contribution is -2.40. The summed E-state index contributed by atoms with van der Waals surface area (Å²) in [6, 6.07) is 12.3. The van der Waals surface area contributed by atoms with Gasteiger partial charge in [-0.05, 0) is 62.1 Å². The number of hydrogen-bond donors (Lipinski definition) is 5. The largest absolute Gasteiger partial charge is 0.480 e. The minimum atomic E-state index is -1.11. The summed E-state index contributed by atoms with van der Waals surface area (Å²) in [5.41, 5.74) is 0.958. The van der Waals surface area contributed by atoms with Gasteiger partial charge in [-0.3, -0.25) is 9.59 Å². The minimum absolute atomic E-state index is 0.104. The molecule has 0 fully saturated rings. The zero-order valence-electron chi connectivity index (χ0n) is 19.6. The number of fused-ring (bicyclic) bond motifs is 1. The number of halogens is 1. The van der Waals surface area contributed by atoms with E-state index in [0.29, 0.717) is 59.7 Å². The number of anilines is 1. The van der Waals surface area contributed by atoms with Crippen molar-refractivity contribution in [1.82, 2.24) is 20.6 Å². The van der Waals surface area contributed by atoms with Crippen LogP contribution >= 0.6 is 11.6 Å². The van der Waals surface area contributed by atoms with E-state index in [1.807, 2.05) is 0 Å². The Hall–Kier alpha value is -3.92. The molecule has 0 saturated heterocycles. The molecule has 0 radical (unpaired) electrons. The van der Waals surface area contributed by atoms with Crippen molar-refractivity contribution < 1.29 is 19.5 Å². The molecule has 36 heavy (non-hydrogen) atoms. The number of aryl methyl sites for hydroxylation is 1. The SMILES string of the molecule is O=C(CCCc1nc2ccccc2c(=O)[nH]1)N[C@@H](CCCCNC(=O)Nc1ccc(Cl)cc1)C(=O)O. The molecule has 1 heterocycles. The van der Waals surface area contributed by atoms with Crippen LogP contribution in [-0.4, -0.2) is 45.6 Å². The van der Waals surface area contributed by atoms with Gasteiger partial charge in [0.15, 0.2) is 0 Å². The second kappa shape index (κ2) is 13.2. The third-order valence-electron chi connectivity index (χ3n) is 5.42. The number of urea groups is 1. The van der Waals surface area contributed by atoms with Crippen molar-refractivity contribution in [2.45, 2.75) is 44.6 Å². The predicted octanol–water partition coefficient (Wildman–Crippen LogP) is 3.46. The molecule has 5 N–H and O–H groups in total. The van der Waals surface area contributed by atoms with E-state index in [1.54, 1.807) is 48.5 Å². The molecule has 2 aromatic carbocycles. The molecule has 0 aliphatic rings. The Morgan fingerprint density at radius 1 is 1.03 bits per heavy atom. The Balaban J connectivity index is 1.34. The van der Waals surface area contributed by atoms with Gasteiger partial charge < -0.3 is 26.0 Å². The monoisotopic (exact) mass is 513 g/mol. The number of nitrogens with one attached hydrogen (secondary N) is 4. The van der Waals surface area contributed by atoms with Gasteiger partial charge in [0.25, 0.3) is 5.56 Å². The van der Waals surface area contributed by atoms with E-state index in [1.165, 1.54) is 0 Å². The number of aliphatic carboxylic acids is 1. The van der Waals surface area contributed by atoms with Crippen LogP contribution in [0.25, 0.3) is 10.9 Å². The molecule has 0 bridgehead atoms. The third kappa shape index (κ3) is 8.38. The van der Waals surface area contributed by atoms with Crippen LogP contribution in [0, 0.1) is 0 Å². The van der Waals surface area contributed by atoms with Crippen molar-refractivity contribution in [2.75, 3.05) is 11.9 Å². The Morgan fingerprint density at radius 2 is 1.78 bits per heavy atom. The fourth-order valence-corrected chi connectivity index (χ4v) is 3.70. The number of nitrogens with zero attached hydrogens (tertiary/aromatic N) is 1. The maximum atomic E-state index is 12.3. The number of rotatable bonds is 12. The smallest absolute Gasteiger partial charge is 0.326 e. The molecule has 3 aromatic rings. The molecule has 1 aromatic heterocycles. The molecular formula is C25H28ClN5O5. The highest BCUT2D eigenvalue weighted by Crippen LogP contribution is 2.13. The zero-order chi connectivity index (χ0) is 25.9. The van der Waals surface area contributed by atoms with Gasteiger partial charge in [0.1, 0.15) is 11.9 Å². The van der Waals surface area contributed by atoms with E-state index in [9.17, 15) is 24.3 Å². The van der Waals surface area contributed by atoms with Crippen LogP contribution < -0.4 is 21.5 Å². The lowest BCUT2D eigenvalue weighted by molar-refractivity contribution is -0.142. The number of amides is 3. The van der Waals surface area contributed by atoms with Crippen LogP contribution in [0.1, 0.15) is 37.9 Å². The molecule has 1 atom stereocenters. The highest BCUT2D eigenvalue weighted by molar-refractivity contribution is 6.30. The average molecular weight is 514 g/mol. The first-order chi connectivity index (χ1) is 17.3. The van der Waals surface area contributed by atoms with Gasteiger partial charge in [0.05, 0.1) is 10.9 Å². The van der Waals surface area contributed by atoms with E-state index in [-0.39, 0.29) is 30.3 Å². The maximum Gasteiger partial charge on any atom is 0.326 e. The Bertz CT molecular complexity index is 1260. The Kier molecular flexibility index (Phi) is 9.82. The first-order valence-corrected chi connectivity index (χ1v) is 12.0. The topological polar surface area (TPSA) is 153 Å². The van der Waals surface area contributed by atoms with E-state index < -0.39 is 12.0 Å². The van der Waals surface area contributed by atoms with Gasteiger partial charge in [-0.25, -0.2) is 14.6 Å². The number of carbonyl (C=O) groups is 3. The van der Waals surface area contributed by atoms with Crippen molar-refractivity contribution in [3.63, 3.8) is 0 Å². The zero-order valence-corrected chi connectivity index (χ0v) is 20.3. The molecule has 0 spiro atoms. The standard InChI is InChI=1S/C25H28ClN5O5/c26-16-11-13-17(14-12-16)28-25(36)27-15-4-3-8-20(24(34)35)30-22(32)10-5-9-21-29-19-7-2-1-6-18(19)23(33)31-21/h1-2,6-7,11-14,20H,3-5,8-10,15H2,(H,30,32)(H,34,35)(H2,27,28,36)(H,29,31,33)/t20-/m0/s1. The van der Waals surface area contributed by atoms with Crippen molar-refractivity contribution >= 4 is 46.1 Å². The van der Waals surface area contributed by atoms with Crippen molar-refractivity contribution in [2.24, 2.45) is 0 Å². The maximum absolute atomic E-state index is 12.3. The molecule has 0 aliphatic heterocycles. The number of benzene rings is 2. The summed E-state index contributed by atoms with van der Waals surface area (Å²) in [7, 11) is 0. The molecule has 190 valence electrons. The third-order valence-corrected chi connectivity index (χ3v) is 5.67. The first-order valence-electron chi connectivity index (χ1n) is 11.6. The van der Waals surface area contributed by atoms with Gasteiger partial charge in [0.2, 0.25) is 5.91 Å². The molecule has 0 saturated carbocycles. The van der Waals surface area contributed by atoms with Gasteiger partial charge in [-0.1, -0.05) is 23.7 Å². The van der Waals surface area contributed by atoms with Crippen molar-refractivity contribution in [3.05, 3.63) is 69.7 Å². The molecular weight excluding hydrogens is 486 g/mol. The summed E-state index contributed by atoms with van der Waals surface area (Å²) in [5, 5.41) is 18.4. The number of hydrogen-bond acceptors (Lipinski definition) is 5. The lowest BCUT2D eigenvalue weighted by atomic mass is 10.1. The molecule has 10 nitrogen and oxygen atoms in total. The van der Waals surface area contributed by atoms with Crippen LogP contribution in [0.5, 0.6) is 0 Å². The van der Waals surface area contributed by atoms with Gasteiger partial charge in [-0.2, -0.15) is 0 Å². The summed E-state index contributed by atoms with van der Waals surface area (Å²) < 4.78 is 0. The summed E-state index contributed by atoms with van der Waals surface area (Å²) >= 11 is 5.81. The number of unbranched alkanes of at least 4 members (excludes halogenated alkanes) is 1. The number of carboxylic acids is 1. The van der Waals surface area contributed by atoms with E-state index in [4.69, 9.17) is 11.6 Å². The highest BCUT2D eigenvalue weighted by Gasteiger charge is 2.19. The Labute approximate surface area is 212 Å². The second-order valence-corrected chi connectivity index (χ2v) is 8.66. The minimum Gasteiger partial charge on any atom is -0.480 e. The highest BCUT2D eigenvalue weighted by atomic mass is 35.5. The summed E-state index contributed by atoms with van der Waals surface area (Å²) in [4.78, 5) is 54.9. The average Bonchev–Trinajstić information content (AvgIpc) is 2.84. The second-order valence-electron chi connectivity index (χ2n) is 8.23. The van der Waals surface area contributed by atoms with Crippen LogP contribution in [-0.2, 0) is 16.0 Å². The molecule has 11 heteroatoms. The molecule has 0 unspecified atom stereocenters. The van der Waals surface area contributed by atoms with E-state index in [2.05, 4.69) is 25.9 Å². The van der Waals surface area contributed by atoms with Crippen LogP contribution in [0.15, 0.2) is 53.3 Å². The quantitative estimate of drug-likeness (QED) is 0.234. The predicted molar refractivity (Wildman–Crippen MR) is 137 cm³/mol. The number of aromatic nitrogens is 2. The fourth-order valence-electron chi connectivity index (χ4n) is 3.58. The fraction of sp³-hybridized carbons (Fsp3) is 0.320. The summed E-state index contributed by atoms with van der Waals surface area (Å²) in [5.74, 6) is -1.02. The van der Waals surface area contributed by atoms with E-state index in [0.717, 1.165) is 0 Å². The summed E-state index contributed by atoms with van der Waals surface area (Å²) in [6.45, 7) is 0.358. The number of H-pyrrole nitrogens is 1. The van der Waals surface area contributed by atoms with Gasteiger partial charge in [0, 0.05) is 30.1 Å². The van der Waals surface area contributed by atoms with Gasteiger partial charge >= 0.3 is 12.0 Å². The number of carboxylic acid groups (broad SMARTS) is 1. The van der Waals surface area contributed by atoms with Gasteiger partial charge in [-0.15, -0.1) is 0 Å². The van der Waals surface area contributed by atoms with Crippen LogP contribution in [0.3, 0.4) is 0 Å². The van der Waals surface area contributed by atoms with E-state index >= 15 is 0 Å². The van der Waals surface area contributed by atoms with Crippen LogP contribution in [0.2, 0.25) is 5.02 Å². The number of aromatic amines is 1. The normalized spacial score (nSPS) is 11.6. The van der Waals surface area contributed by atoms with Crippen molar-refractivity contribution in [3.8, 4) is 0 Å². The molecule has 3 rings (SSSR count). The van der Waals surface area contributed by atoms with Crippen molar-refractivity contribution in [1.29, 1.82) is 0 Å². The molecule has 3 amide bonds. The first kappa shape index (κ1) is 26.7.